The minimum absolute atomic E-state index is 0.0843. The van der Waals surface area contributed by atoms with Crippen molar-refractivity contribution in [3.8, 4) is 0 Å². The van der Waals surface area contributed by atoms with Crippen LogP contribution < -0.4 is 20.8 Å². The van der Waals surface area contributed by atoms with E-state index >= 15 is 0 Å². The zero-order valence-electron chi connectivity index (χ0n) is 33.3. The van der Waals surface area contributed by atoms with Crippen LogP contribution in [0.4, 0.5) is 0 Å². The van der Waals surface area contributed by atoms with Gasteiger partial charge >= 0.3 is 0 Å². The van der Waals surface area contributed by atoms with Crippen LogP contribution in [-0.4, -0.2) is 17.6 Å². The topological polar surface area (TPSA) is 0 Å². The molecule has 0 saturated heterocycles. The first kappa shape index (κ1) is 30.5. The number of allylic oxidation sites excluding steroid dienone is 7. The van der Waals surface area contributed by atoms with Gasteiger partial charge < -0.3 is 0 Å². The van der Waals surface area contributed by atoms with Crippen molar-refractivity contribution >= 4 is 99.1 Å². The standard InChI is InChI=1S/C58H40Si2/c1-3-59(27-11-7-5-8-12-27)24-26-23-58(25-60(4-2)28-13-9-6-10-14-28)36-22-21-34-32-18-17-30-29-15-16-31-33-19-20-35-37(26)55-49-44(35)42(33)47-39(31)38(29)46-40(30)41(32)48-43(34)45(36)56(57(55)58)54-52(48)50(46)51(47)53(49)54/h3-23,30,32,34-37,40-41,43,59-60H,1-2,24-25H2. The molecule has 280 valence electrons. The summed E-state index contributed by atoms with van der Waals surface area (Å²) < 4.78 is 0. The Kier molecular flexibility index (Phi) is 4.75. The maximum absolute atomic E-state index is 4.68. The maximum Gasteiger partial charge on any atom is 0.0974 e. The summed E-state index contributed by atoms with van der Waals surface area (Å²) in [5.74, 6) is 4.46. The van der Waals surface area contributed by atoms with Gasteiger partial charge in [0.15, 0.2) is 0 Å². The van der Waals surface area contributed by atoms with Gasteiger partial charge in [0.25, 0.3) is 0 Å². The molecule has 60 heavy (non-hydrogen) atoms. The summed E-state index contributed by atoms with van der Waals surface area (Å²) in [6.07, 6.45) is 19.4. The quantitative estimate of drug-likeness (QED) is 0.0818. The molecule has 10 aliphatic rings. The third-order valence-electron chi connectivity index (χ3n) is 19.3. The Morgan fingerprint density at radius 2 is 1.33 bits per heavy atom. The highest BCUT2D eigenvalue weighted by molar-refractivity contribution is 6.78. The van der Waals surface area contributed by atoms with Crippen LogP contribution >= 0.6 is 0 Å². The van der Waals surface area contributed by atoms with E-state index in [1.807, 2.05) is 11.1 Å². The Hall–Kier alpha value is -5.55. The van der Waals surface area contributed by atoms with Crippen LogP contribution in [0, 0.1) is 29.6 Å². The van der Waals surface area contributed by atoms with E-state index in [2.05, 4.69) is 140 Å². The fourth-order valence-electron chi connectivity index (χ4n) is 17.8. The van der Waals surface area contributed by atoms with E-state index in [-0.39, 0.29) is 5.41 Å². The van der Waals surface area contributed by atoms with E-state index in [0.29, 0.717) is 53.3 Å². The summed E-state index contributed by atoms with van der Waals surface area (Å²) in [7, 11) is -3.19. The molecule has 1 saturated carbocycles. The van der Waals surface area contributed by atoms with E-state index in [9.17, 15) is 0 Å². The summed E-state index contributed by atoms with van der Waals surface area (Å²) in [5, 5.41) is 23.2. The molecule has 1 fully saturated rings. The van der Waals surface area contributed by atoms with Crippen LogP contribution in [0.3, 0.4) is 0 Å². The second-order valence-corrected chi connectivity index (χ2v) is 26.3. The SMILES string of the molecule is C=C[SiH](CC1=CC2(C[SiH](C=C)c3ccccc3)c3c4c5c6c7c(c8ccc9c%10c%11c%12c%13c(c3=C3C%14C=%13C%13C(C=CC9C%11%13)C%14C=CC32)c5c%12c7c8%10)C=CC6C14)c1ccccc1. The first-order chi connectivity index (χ1) is 29.7. The molecule has 12 unspecified atom stereocenters. The van der Waals surface area contributed by atoms with Crippen molar-refractivity contribution < 1.29 is 0 Å². The molecule has 0 radical (unpaired) electrons. The number of hydrogen-bond donors (Lipinski definition) is 0. The van der Waals surface area contributed by atoms with Crippen molar-refractivity contribution in [2.45, 2.75) is 41.2 Å². The van der Waals surface area contributed by atoms with Crippen molar-refractivity contribution in [1.82, 2.24) is 0 Å². The molecular weight excluding hydrogens is 753 g/mol. The average molecular weight is 793 g/mol. The van der Waals surface area contributed by atoms with Crippen molar-refractivity contribution in [3.63, 3.8) is 0 Å². The van der Waals surface area contributed by atoms with E-state index in [1.54, 1.807) is 97.5 Å². The van der Waals surface area contributed by atoms with Crippen LogP contribution in [0.5, 0.6) is 0 Å². The van der Waals surface area contributed by atoms with Gasteiger partial charge in [-0.1, -0.05) is 137 Å². The summed E-state index contributed by atoms with van der Waals surface area (Å²) in [5.41, 5.74) is 20.4. The van der Waals surface area contributed by atoms with E-state index in [1.165, 1.54) is 22.2 Å². The van der Waals surface area contributed by atoms with Crippen LogP contribution in [-0.2, 0) is 5.41 Å². The van der Waals surface area contributed by atoms with Gasteiger partial charge in [0, 0.05) is 40.9 Å². The molecular formula is C58H40Si2. The van der Waals surface area contributed by atoms with Gasteiger partial charge in [-0.2, -0.15) is 0 Å². The molecule has 10 aliphatic carbocycles. The number of fused-ring (bicyclic) bond motifs is 5. The third kappa shape index (κ3) is 2.76. The zero-order chi connectivity index (χ0) is 38.4. The number of hydrogen-bond acceptors (Lipinski definition) is 0. The zero-order valence-corrected chi connectivity index (χ0v) is 35.6. The molecule has 0 heterocycles. The minimum atomic E-state index is -1.63. The molecule has 0 aromatic heterocycles. The number of rotatable bonds is 8. The molecule has 0 bridgehead atoms. The van der Waals surface area contributed by atoms with Crippen LogP contribution in [0.2, 0.25) is 12.1 Å². The Morgan fingerprint density at radius 3 is 2.15 bits per heavy atom. The second kappa shape index (κ2) is 9.34. The predicted molar refractivity (Wildman–Crippen MR) is 256 cm³/mol. The smallest absolute Gasteiger partial charge is 0.0974 e. The molecule has 0 amide bonds. The molecule has 2 heteroatoms. The third-order valence-corrected chi connectivity index (χ3v) is 24.9. The lowest BCUT2D eigenvalue weighted by Gasteiger charge is -2.45. The average Bonchev–Trinajstić information content (AvgIpc) is 4.12. The van der Waals surface area contributed by atoms with E-state index < -0.39 is 17.6 Å². The van der Waals surface area contributed by atoms with Crippen molar-refractivity contribution in [2.24, 2.45) is 29.6 Å². The fourth-order valence-corrected chi connectivity index (χ4v) is 22.8. The Balaban J connectivity index is 1.08. The maximum atomic E-state index is 4.68. The summed E-state index contributed by atoms with van der Waals surface area (Å²) in [6.45, 7) is 9.28. The Labute approximate surface area is 351 Å². The minimum Gasteiger partial charge on any atom is -0.107 e. The summed E-state index contributed by atoms with van der Waals surface area (Å²) in [4.78, 5) is 0. The van der Waals surface area contributed by atoms with Crippen molar-refractivity contribution in [3.05, 3.63) is 183 Å². The molecule has 0 spiro atoms. The van der Waals surface area contributed by atoms with Crippen LogP contribution in [0.15, 0.2) is 139 Å². The van der Waals surface area contributed by atoms with Crippen molar-refractivity contribution in [1.29, 1.82) is 0 Å². The highest BCUT2D eigenvalue weighted by Gasteiger charge is 2.65. The number of benzene rings is 6. The normalized spacial score (nSPS) is 33.2. The Morgan fingerprint density at radius 1 is 0.567 bits per heavy atom. The van der Waals surface area contributed by atoms with Crippen LogP contribution in [0.1, 0.15) is 57.1 Å². The molecule has 8 aromatic carbocycles. The second-order valence-electron chi connectivity index (χ2n) is 20.8. The lowest BCUT2D eigenvalue weighted by Crippen LogP contribution is -2.44. The van der Waals surface area contributed by atoms with Gasteiger partial charge in [0.1, 0.15) is 0 Å². The predicted octanol–water partition coefficient (Wildman–Crippen LogP) is 9.63. The van der Waals surface area contributed by atoms with Gasteiger partial charge in [-0.25, -0.2) is 0 Å². The first-order valence-electron chi connectivity index (χ1n) is 23.0. The van der Waals surface area contributed by atoms with Gasteiger partial charge in [-0.05, 0) is 139 Å². The van der Waals surface area contributed by atoms with Gasteiger partial charge in [0.05, 0.1) is 17.6 Å². The molecule has 0 nitrogen and oxygen atoms in total. The van der Waals surface area contributed by atoms with Gasteiger partial charge in [0.2, 0.25) is 0 Å². The van der Waals surface area contributed by atoms with Crippen molar-refractivity contribution in [2.75, 3.05) is 0 Å². The lowest BCUT2D eigenvalue weighted by molar-refractivity contribution is 0.344. The van der Waals surface area contributed by atoms with Gasteiger partial charge in [-0.15, -0.1) is 18.9 Å². The first-order valence-corrected chi connectivity index (χ1v) is 27.1. The highest BCUT2D eigenvalue weighted by atomic mass is 28.3. The lowest BCUT2D eigenvalue weighted by atomic mass is 9.61. The fraction of sp³-hybridized carbons (Fsp3) is 0.207. The molecule has 18 rings (SSSR count). The highest BCUT2D eigenvalue weighted by Crippen LogP contribution is 2.75. The molecule has 0 aliphatic heterocycles. The molecule has 12 atom stereocenters. The van der Waals surface area contributed by atoms with Crippen LogP contribution in [0.25, 0.3) is 71.1 Å². The largest absolute Gasteiger partial charge is 0.107 e. The van der Waals surface area contributed by atoms with E-state index in [4.69, 9.17) is 0 Å². The molecule has 0 N–H and O–H groups in total. The summed E-state index contributed by atoms with van der Waals surface area (Å²) in [6, 6.07) is 30.6. The Bertz CT molecular complexity index is 3770. The monoisotopic (exact) mass is 792 g/mol. The van der Waals surface area contributed by atoms with E-state index in [0.717, 1.165) is 6.04 Å². The summed E-state index contributed by atoms with van der Waals surface area (Å²) >= 11 is 0. The molecule has 8 aromatic rings. The van der Waals surface area contributed by atoms with Gasteiger partial charge in [-0.3, -0.25) is 0 Å².